The van der Waals surface area contributed by atoms with Crippen LogP contribution < -0.4 is 0 Å². The number of hydrogen-bond donors (Lipinski definition) is 0. The normalized spacial score (nSPS) is 21.6. The summed E-state index contributed by atoms with van der Waals surface area (Å²) in [5.41, 5.74) is 0. The number of carbonyl (C=O) groups is 1. The Morgan fingerprint density at radius 2 is 2.25 bits per heavy atom. The molecule has 1 atom stereocenters. The van der Waals surface area contributed by atoms with Gasteiger partial charge in [-0.25, -0.2) is 0 Å². The molecular weight excluding hydrogens is 204 g/mol. The van der Waals surface area contributed by atoms with Crippen LogP contribution in [0.2, 0.25) is 0 Å². The Balaban J connectivity index is 2.06. The molecule has 0 aromatic rings. The van der Waals surface area contributed by atoms with Gasteiger partial charge in [0.05, 0.1) is 13.5 Å². The Morgan fingerprint density at radius 1 is 1.50 bits per heavy atom. The molecule has 1 fully saturated rings. The molecule has 4 heteroatoms. The van der Waals surface area contributed by atoms with Crippen LogP contribution in [0.5, 0.6) is 0 Å². The van der Waals surface area contributed by atoms with Crippen LogP contribution in [0, 0.1) is 5.92 Å². The highest BCUT2D eigenvalue weighted by Gasteiger charge is 2.19. The number of hydrogen-bond acceptors (Lipinski definition) is 4. The third-order valence-electron chi connectivity index (χ3n) is 3.33. The fourth-order valence-electron chi connectivity index (χ4n) is 2.16. The third kappa shape index (κ3) is 4.94. The average Bonchev–Trinajstić information content (AvgIpc) is 2.69. The van der Waals surface area contributed by atoms with Crippen molar-refractivity contribution in [2.45, 2.75) is 19.3 Å². The zero-order valence-electron chi connectivity index (χ0n) is 10.7. The maximum absolute atomic E-state index is 11.0. The molecule has 4 nitrogen and oxygen atoms in total. The highest BCUT2D eigenvalue weighted by atomic mass is 16.5. The molecular formula is C12H24N2O2. The first-order chi connectivity index (χ1) is 7.61. The number of rotatable bonds is 6. The summed E-state index contributed by atoms with van der Waals surface area (Å²) in [6.07, 6.45) is 3.06. The van der Waals surface area contributed by atoms with E-state index in [2.05, 4.69) is 28.6 Å². The maximum Gasteiger partial charge on any atom is 0.306 e. The Bertz CT molecular complexity index is 221. The SMILES string of the molecule is COC(=O)CCN(C)CCC1CCN(C)C1. The molecule has 0 amide bonds. The molecule has 0 bridgehead atoms. The first-order valence-electron chi connectivity index (χ1n) is 6.05. The maximum atomic E-state index is 11.0. The van der Waals surface area contributed by atoms with E-state index in [0.717, 1.165) is 19.0 Å². The van der Waals surface area contributed by atoms with Gasteiger partial charge in [-0.3, -0.25) is 4.79 Å². The van der Waals surface area contributed by atoms with Crippen molar-refractivity contribution in [3.8, 4) is 0 Å². The largest absolute Gasteiger partial charge is 0.469 e. The minimum atomic E-state index is -0.118. The predicted octanol–water partition coefficient (Wildman–Crippen LogP) is 0.823. The third-order valence-corrected chi connectivity index (χ3v) is 3.33. The number of methoxy groups -OCH3 is 1. The molecule has 1 aliphatic heterocycles. The lowest BCUT2D eigenvalue weighted by Gasteiger charge is -2.18. The first kappa shape index (κ1) is 13.5. The van der Waals surface area contributed by atoms with Crippen molar-refractivity contribution >= 4 is 5.97 Å². The van der Waals surface area contributed by atoms with Gasteiger partial charge >= 0.3 is 5.97 Å². The predicted molar refractivity (Wildman–Crippen MR) is 64.4 cm³/mol. The molecule has 0 aromatic carbocycles. The van der Waals surface area contributed by atoms with Gasteiger partial charge in [0.25, 0.3) is 0 Å². The van der Waals surface area contributed by atoms with Crippen molar-refractivity contribution < 1.29 is 9.53 Å². The zero-order valence-corrected chi connectivity index (χ0v) is 10.7. The molecule has 16 heavy (non-hydrogen) atoms. The van der Waals surface area contributed by atoms with Gasteiger partial charge in [0.2, 0.25) is 0 Å². The van der Waals surface area contributed by atoms with Gasteiger partial charge in [-0.15, -0.1) is 0 Å². The van der Waals surface area contributed by atoms with Gasteiger partial charge in [0.1, 0.15) is 0 Å². The summed E-state index contributed by atoms with van der Waals surface area (Å²) in [7, 11) is 5.69. The van der Waals surface area contributed by atoms with E-state index >= 15 is 0 Å². The monoisotopic (exact) mass is 228 g/mol. The van der Waals surface area contributed by atoms with Crippen LogP contribution in [0.25, 0.3) is 0 Å². The van der Waals surface area contributed by atoms with Gasteiger partial charge in [-0.1, -0.05) is 0 Å². The first-order valence-corrected chi connectivity index (χ1v) is 6.05. The molecule has 1 rings (SSSR count). The van der Waals surface area contributed by atoms with E-state index in [1.165, 1.54) is 33.0 Å². The lowest BCUT2D eigenvalue weighted by Crippen LogP contribution is -2.25. The minimum absolute atomic E-state index is 0.118. The number of esters is 1. The lowest BCUT2D eigenvalue weighted by atomic mass is 10.1. The van der Waals surface area contributed by atoms with Crippen LogP contribution in [0.3, 0.4) is 0 Å². The summed E-state index contributed by atoms with van der Waals surface area (Å²) in [6.45, 7) is 4.34. The number of ether oxygens (including phenoxy) is 1. The van der Waals surface area contributed by atoms with E-state index in [9.17, 15) is 4.79 Å². The van der Waals surface area contributed by atoms with Crippen LogP contribution in [-0.2, 0) is 9.53 Å². The van der Waals surface area contributed by atoms with E-state index in [1.54, 1.807) is 0 Å². The van der Waals surface area contributed by atoms with Gasteiger partial charge in [-0.2, -0.15) is 0 Å². The topological polar surface area (TPSA) is 32.8 Å². The summed E-state index contributed by atoms with van der Waals surface area (Å²) in [5.74, 6) is 0.720. The van der Waals surface area contributed by atoms with Crippen LogP contribution in [0.1, 0.15) is 19.3 Å². The fraction of sp³-hybridized carbons (Fsp3) is 0.917. The average molecular weight is 228 g/mol. The molecule has 0 N–H and O–H groups in total. The second kappa shape index (κ2) is 6.86. The van der Waals surface area contributed by atoms with Crippen LogP contribution >= 0.6 is 0 Å². The number of likely N-dealkylation sites (tertiary alicyclic amines) is 1. The molecule has 94 valence electrons. The van der Waals surface area contributed by atoms with Crippen LogP contribution in [-0.4, -0.2) is 63.2 Å². The summed E-state index contributed by atoms with van der Waals surface area (Å²) < 4.78 is 4.62. The Kier molecular flexibility index (Phi) is 5.77. The zero-order chi connectivity index (χ0) is 12.0. The molecule has 1 aliphatic rings. The lowest BCUT2D eigenvalue weighted by molar-refractivity contribution is -0.140. The number of carbonyl (C=O) groups excluding carboxylic acids is 1. The Hall–Kier alpha value is -0.610. The second-order valence-electron chi connectivity index (χ2n) is 4.84. The van der Waals surface area contributed by atoms with Gasteiger partial charge < -0.3 is 14.5 Å². The van der Waals surface area contributed by atoms with Crippen molar-refractivity contribution in [1.82, 2.24) is 9.80 Å². The summed E-state index contributed by atoms with van der Waals surface area (Å²) in [5, 5.41) is 0. The molecule has 0 spiro atoms. The van der Waals surface area contributed by atoms with Crippen LogP contribution in [0.4, 0.5) is 0 Å². The molecule has 1 unspecified atom stereocenters. The molecule has 0 aliphatic carbocycles. The summed E-state index contributed by atoms with van der Waals surface area (Å²) in [6, 6.07) is 0. The van der Waals surface area contributed by atoms with E-state index in [0.29, 0.717) is 6.42 Å². The summed E-state index contributed by atoms with van der Waals surface area (Å²) in [4.78, 5) is 15.6. The van der Waals surface area contributed by atoms with E-state index in [-0.39, 0.29) is 5.97 Å². The van der Waals surface area contributed by atoms with Crippen molar-refractivity contribution in [3.63, 3.8) is 0 Å². The van der Waals surface area contributed by atoms with Gasteiger partial charge in [-0.05, 0) is 45.9 Å². The molecule has 1 saturated heterocycles. The van der Waals surface area contributed by atoms with Crippen molar-refractivity contribution in [1.29, 1.82) is 0 Å². The number of nitrogens with zero attached hydrogens (tertiary/aromatic N) is 2. The Morgan fingerprint density at radius 3 is 2.81 bits per heavy atom. The van der Waals surface area contributed by atoms with Gasteiger partial charge in [0.15, 0.2) is 0 Å². The van der Waals surface area contributed by atoms with Crippen molar-refractivity contribution in [2.75, 3.05) is 47.4 Å². The molecule has 0 aromatic heterocycles. The standard InChI is InChI=1S/C12H24N2O2/c1-13(9-6-12(15)16-3)7-4-11-5-8-14(2)10-11/h11H,4-10H2,1-3H3. The second-order valence-corrected chi connectivity index (χ2v) is 4.84. The smallest absolute Gasteiger partial charge is 0.306 e. The van der Waals surface area contributed by atoms with E-state index in [1.807, 2.05) is 0 Å². The quantitative estimate of drug-likeness (QED) is 0.630. The highest BCUT2D eigenvalue weighted by molar-refractivity contribution is 5.69. The van der Waals surface area contributed by atoms with Gasteiger partial charge in [0, 0.05) is 13.1 Å². The van der Waals surface area contributed by atoms with E-state index < -0.39 is 0 Å². The van der Waals surface area contributed by atoms with Crippen molar-refractivity contribution in [2.24, 2.45) is 5.92 Å². The van der Waals surface area contributed by atoms with Crippen molar-refractivity contribution in [3.05, 3.63) is 0 Å². The van der Waals surface area contributed by atoms with E-state index in [4.69, 9.17) is 0 Å². The molecule has 1 heterocycles. The molecule has 0 radical (unpaired) electrons. The fourth-order valence-corrected chi connectivity index (χ4v) is 2.16. The summed E-state index contributed by atoms with van der Waals surface area (Å²) >= 11 is 0. The molecule has 0 saturated carbocycles. The van der Waals surface area contributed by atoms with Crippen LogP contribution in [0.15, 0.2) is 0 Å². The minimum Gasteiger partial charge on any atom is -0.469 e. The highest BCUT2D eigenvalue weighted by Crippen LogP contribution is 2.17. The Labute approximate surface area is 98.5 Å².